The molecule has 0 bridgehead atoms. The third-order valence-electron chi connectivity index (χ3n) is 6.97. The molecule has 0 aliphatic carbocycles. The van der Waals surface area contributed by atoms with Gasteiger partial charge in [0.05, 0.1) is 5.56 Å². The number of fused-ring (bicyclic) bond motifs is 1. The van der Waals surface area contributed by atoms with Gasteiger partial charge in [-0.3, -0.25) is 0 Å². The largest absolute Gasteiger partial charge is 0.573 e. The van der Waals surface area contributed by atoms with Crippen molar-refractivity contribution in [1.82, 2.24) is 24.2 Å². The van der Waals surface area contributed by atoms with Crippen LogP contribution in [0.3, 0.4) is 0 Å². The minimum absolute atomic E-state index is 0.0854. The van der Waals surface area contributed by atoms with Gasteiger partial charge in [-0.2, -0.15) is 4.72 Å². The van der Waals surface area contributed by atoms with E-state index in [2.05, 4.69) is 36.1 Å². The molecule has 1 aromatic carbocycles. The van der Waals surface area contributed by atoms with Crippen molar-refractivity contribution in [2.24, 2.45) is 5.73 Å². The molecule has 1 aliphatic rings. The molecular formula is C27H30F2N8OS. The van der Waals surface area contributed by atoms with E-state index in [4.69, 9.17) is 5.73 Å². The van der Waals surface area contributed by atoms with Crippen molar-refractivity contribution < 1.29 is 13.3 Å². The van der Waals surface area contributed by atoms with Crippen LogP contribution in [-0.4, -0.2) is 61.5 Å². The zero-order chi connectivity index (χ0) is 27.7. The Labute approximate surface area is 228 Å². The molecule has 3 aromatic heterocycles. The van der Waals surface area contributed by atoms with Gasteiger partial charge >= 0.3 is 0 Å². The number of anilines is 2. The third-order valence-corrected chi connectivity index (χ3v) is 8.19. The summed E-state index contributed by atoms with van der Waals surface area (Å²) in [5.74, 6) is -1.00. The van der Waals surface area contributed by atoms with E-state index >= 15 is 4.39 Å². The normalized spacial score (nSPS) is 15.2. The number of nitrogens with two attached hydrogens (primary N) is 1. The van der Waals surface area contributed by atoms with E-state index in [-0.39, 0.29) is 22.9 Å². The second-order valence-electron chi connectivity index (χ2n) is 9.48. The lowest BCUT2D eigenvalue weighted by molar-refractivity contribution is 0.490. The number of H-pyrrole nitrogens is 1. The summed E-state index contributed by atoms with van der Waals surface area (Å²) in [6.45, 7) is 7.93. The fraction of sp³-hybridized carbons (Fsp3) is 0.296. The average molecular weight is 553 g/mol. The van der Waals surface area contributed by atoms with Gasteiger partial charge in [-0.05, 0) is 43.5 Å². The van der Waals surface area contributed by atoms with Gasteiger partial charge in [-0.15, -0.1) is 4.31 Å². The van der Waals surface area contributed by atoms with Gasteiger partial charge < -0.3 is 20.2 Å². The van der Waals surface area contributed by atoms with Crippen molar-refractivity contribution in [1.29, 1.82) is 0 Å². The van der Waals surface area contributed by atoms with Gasteiger partial charge in [0.2, 0.25) is 5.95 Å². The second kappa shape index (κ2) is 11.3. The molecule has 4 N–H and O–H groups in total. The van der Waals surface area contributed by atoms with Crippen LogP contribution in [0.1, 0.15) is 30.9 Å². The maximum atomic E-state index is 15.5. The Bertz CT molecular complexity index is 1490. The Morgan fingerprint density at radius 1 is 1.21 bits per heavy atom. The lowest BCUT2D eigenvalue weighted by atomic mass is 9.97. The molecule has 1 atom stereocenters. The standard InChI is InChI=1S/C27H30F2N8OS/c1-4-36(3)39(38)35-23-6-5-22(28)24(25(23)29)16(2)21-15-32-26-20(21)11-17(12-31-26)18-13-33-27(34-14-18)37-9-7-19(30)8-10-37/h5-6,11-15,19,35H,2,4,7-10,30H2,1,3H3,(H,31,32). The quantitative estimate of drug-likeness (QED) is 0.278. The summed E-state index contributed by atoms with van der Waals surface area (Å²) in [5, 5.41) is 0.637. The minimum atomic E-state index is -1.69. The van der Waals surface area contributed by atoms with Gasteiger partial charge in [0.25, 0.3) is 0 Å². The number of nitrogens with one attached hydrogen (secondary N) is 2. The topological polar surface area (TPSA) is 122 Å². The van der Waals surface area contributed by atoms with Crippen LogP contribution in [0.5, 0.6) is 0 Å². The van der Waals surface area contributed by atoms with Crippen LogP contribution in [0.15, 0.2) is 49.6 Å². The van der Waals surface area contributed by atoms with Crippen molar-refractivity contribution in [3.63, 3.8) is 0 Å². The van der Waals surface area contributed by atoms with Crippen molar-refractivity contribution in [2.75, 3.05) is 36.3 Å². The molecule has 1 saturated heterocycles. The molecule has 204 valence electrons. The number of nitrogens with zero attached hydrogens (tertiary/aromatic N) is 5. The summed E-state index contributed by atoms with van der Waals surface area (Å²) in [7, 11) is 1.63. The van der Waals surface area contributed by atoms with Gasteiger partial charge in [-0.1, -0.05) is 6.58 Å². The highest BCUT2D eigenvalue weighted by Crippen LogP contribution is 2.35. The second-order valence-corrected chi connectivity index (χ2v) is 10.8. The zero-order valence-electron chi connectivity index (χ0n) is 21.7. The van der Waals surface area contributed by atoms with E-state index in [1.807, 2.05) is 13.0 Å². The van der Waals surface area contributed by atoms with Crippen molar-refractivity contribution in [3.05, 3.63) is 72.3 Å². The number of aromatic nitrogens is 4. The lowest BCUT2D eigenvalue weighted by Crippen LogP contribution is -2.40. The molecule has 9 nitrogen and oxygen atoms in total. The molecule has 39 heavy (non-hydrogen) atoms. The molecule has 5 rings (SSSR count). The summed E-state index contributed by atoms with van der Waals surface area (Å²) >= 11 is -1.69. The lowest BCUT2D eigenvalue weighted by Gasteiger charge is -2.30. The fourth-order valence-electron chi connectivity index (χ4n) is 4.48. The summed E-state index contributed by atoms with van der Waals surface area (Å²) in [6, 6.07) is 4.43. The van der Waals surface area contributed by atoms with Crippen LogP contribution >= 0.6 is 0 Å². The first-order valence-corrected chi connectivity index (χ1v) is 13.7. The summed E-state index contributed by atoms with van der Waals surface area (Å²) in [4.78, 5) is 18.7. The molecular weight excluding hydrogens is 522 g/mol. The van der Waals surface area contributed by atoms with E-state index in [0.717, 1.165) is 43.1 Å². The van der Waals surface area contributed by atoms with E-state index in [0.29, 0.717) is 29.1 Å². The van der Waals surface area contributed by atoms with Crippen LogP contribution < -0.4 is 15.4 Å². The number of pyridine rings is 1. The first-order valence-electron chi connectivity index (χ1n) is 12.6. The van der Waals surface area contributed by atoms with E-state index in [1.165, 1.54) is 10.4 Å². The first-order chi connectivity index (χ1) is 18.8. The molecule has 1 unspecified atom stereocenters. The maximum absolute atomic E-state index is 15.5. The molecule has 0 spiro atoms. The molecule has 0 radical (unpaired) electrons. The molecule has 1 aliphatic heterocycles. The smallest absolute Gasteiger partial charge is 0.225 e. The number of piperidine rings is 1. The average Bonchev–Trinajstić information content (AvgIpc) is 3.38. The van der Waals surface area contributed by atoms with Gasteiger partial charge in [0.15, 0.2) is 17.4 Å². The monoisotopic (exact) mass is 552 g/mol. The molecule has 0 amide bonds. The Morgan fingerprint density at radius 3 is 2.59 bits per heavy atom. The molecule has 1 fully saturated rings. The highest BCUT2D eigenvalue weighted by atomic mass is 32.2. The number of benzene rings is 1. The van der Waals surface area contributed by atoms with Gasteiger partial charge in [0, 0.05) is 79.6 Å². The first kappa shape index (κ1) is 27.0. The zero-order valence-corrected chi connectivity index (χ0v) is 22.6. The van der Waals surface area contributed by atoms with E-state index < -0.39 is 23.2 Å². The summed E-state index contributed by atoms with van der Waals surface area (Å²) in [6.07, 6.45) is 8.59. The maximum Gasteiger partial charge on any atom is 0.225 e. The van der Waals surface area contributed by atoms with Gasteiger partial charge in [0.1, 0.15) is 17.2 Å². The Balaban J connectivity index is 1.44. The van der Waals surface area contributed by atoms with Crippen LogP contribution in [0, 0.1) is 11.6 Å². The SMILES string of the molecule is C=C(c1c(F)ccc(N[S+]([O-])N(C)CC)c1F)c1c[nH]c2ncc(-c3cnc(N4CCC(N)CC4)nc3)cc12. The van der Waals surface area contributed by atoms with Crippen molar-refractivity contribution in [3.8, 4) is 11.1 Å². The highest BCUT2D eigenvalue weighted by molar-refractivity contribution is 7.90. The number of aromatic amines is 1. The predicted octanol–water partition coefficient (Wildman–Crippen LogP) is 4.23. The van der Waals surface area contributed by atoms with Crippen LogP contribution in [0.4, 0.5) is 20.4 Å². The highest BCUT2D eigenvalue weighted by Gasteiger charge is 2.24. The number of rotatable bonds is 8. The van der Waals surface area contributed by atoms with Crippen LogP contribution in [0.25, 0.3) is 27.7 Å². The van der Waals surface area contributed by atoms with Crippen LogP contribution in [-0.2, 0) is 11.5 Å². The third kappa shape index (κ3) is 5.46. The molecule has 0 saturated carbocycles. The molecule has 4 aromatic rings. The summed E-state index contributed by atoms with van der Waals surface area (Å²) < 4.78 is 46.9. The Hall–Kier alpha value is -3.58. The fourth-order valence-corrected chi connectivity index (χ4v) is 5.21. The van der Waals surface area contributed by atoms with E-state index in [9.17, 15) is 8.94 Å². The molecule has 4 heterocycles. The molecule has 12 heteroatoms. The minimum Gasteiger partial charge on any atom is -0.573 e. The summed E-state index contributed by atoms with van der Waals surface area (Å²) in [5.41, 5.74) is 8.27. The predicted molar refractivity (Wildman–Crippen MR) is 151 cm³/mol. The van der Waals surface area contributed by atoms with E-state index in [1.54, 1.807) is 31.8 Å². The Morgan fingerprint density at radius 2 is 1.90 bits per heavy atom. The van der Waals surface area contributed by atoms with Crippen molar-refractivity contribution in [2.45, 2.75) is 25.8 Å². The Kier molecular flexibility index (Phi) is 7.80. The van der Waals surface area contributed by atoms with Gasteiger partial charge in [-0.25, -0.2) is 23.7 Å². The number of hydrogen-bond donors (Lipinski definition) is 3. The number of halogens is 2. The van der Waals surface area contributed by atoms with Crippen LogP contribution in [0.2, 0.25) is 0 Å². The number of hydrogen-bond acceptors (Lipinski definition) is 8. The van der Waals surface area contributed by atoms with Crippen molar-refractivity contribution >= 4 is 39.8 Å².